The van der Waals surface area contributed by atoms with E-state index < -0.39 is 26.2 Å². The third-order valence-corrected chi connectivity index (χ3v) is 6.10. The maximum atomic E-state index is 12.6. The Balaban J connectivity index is 0.000000335. The number of aryl methyl sites for hydroxylation is 1. The standard InChI is InChI=1S/C10H13Br2N3O3.C7H11F2N3O3/c1-4-14(3)9(13-12)10(11,15(16)17)8-5-7(2)18-6-8;8-7(9,12(13)14)6(10)11-3-5-1-2-15-4-5/h5-6H,4H2,1-3H3;5H,1-4H2,(H2,10,11). The highest BCUT2D eigenvalue weighted by molar-refractivity contribution is 9.10. The van der Waals surface area contributed by atoms with E-state index in [2.05, 4.69) is 41.1 Å². The van der Waals surface area contributed by atoms with Crippen molar-refractivity contribution in [2.45, 2.75) is 30.8 Å². The van der Waals surface area contributed by atoms with E-state index in [-0.39, 0.29) is 18.3 Å². The zero-order valence-electron chi connectivity index (χ0n) is 18.0. The third-order valence-electron chi connectivity index (χ3n) is 4.66. The monoisotopic (exact) mass is 604 g/mol. The molecule has 2 rings (SSSR count). The highest BCUT2D eigenvalue weighted by atomic mass is 79.9. The van der Waals surface area contributed by atoms with Gasteiger partial charge in [-0.15, -0.1) is 8.78 Å². The van der Waals surface area contributed by atoms with Crippen molar-refractivity contribution in [3.8, 4) is 0 Å². The fourth-order valence-electron chi connectivity index (χ4n) is 2.60. The predicted molar refractivity (Wildman–Crippen MR) is 123 cm³/mol. The molecule has 12 nitrogen and oxygen atoms in total. The number of alkyl halides is 3. The predicted octanol–water partition coefficient (Wildman–Crippen LogP) is 3.32. The van der Waals surface area contributed by atoms with E-state index in [1.807, 2.05) is 6.92 Å². The molecule has 1 fully saturated rings. The summed E-state index contributed by atoms with van der Waals surface area (Å²) in [6, 6.07) is -2.67. The number of halogens is 4. The molecular weight excluding hydrogens is 582 g/mol. The van der Waals surface area contributed by atoms with Crippen molar-refractivity contribution in [2.24, 2.45) is 20.7 Å². The van der Waals surface area contributed by atoms with Crippen molar-refractivity contribution >= 4 is 43.7 Å². The lowest BCUT2D eigenvalue weighted by Crippen LogP contribution is -2.46. The van der Waals surface area contributed by atoms with E-state index in [0.717, 1.165) is 0 Å². The van der Waals surface area contributed by atoms with Crippen LogP contribution in [0.2, 0.25) is 0 Å². The maximum absolute atomic E-state index is 12.6. The second-order valence-electron chi connectivity index (χ2n) is 7.00. The van der Waals surface area contributed by atoms with Crippen LogP contribution >= 0.6 is 32.1 Å². The van der Waals surface area contributed by atoms with Crippen LogP contribution in [0.1, 0.15) is 24.7 Å². The van der Waals surface area contributed by atoms with Crippen LogP contribution in [0.15, 0.2) is 25.8 Å². The molecule has 2 N–H and O–H groups in total. The van der Waals surface area contributed by atoms with Crippen LogP contribution in [0.3, 0.4) is 0 Å². The fraction of sp³-hybridized carbons (Fsp3) is 0.647. The average Bonchev–Trinajstić information content (AvgIpc) is 3.44. The maximum Gasteiger partial charge on any atom is 0.571 e. The molecule has 0 aliphatic carbocycles. The number of amidine groups is 2. The number of hydrogen-bond donors (Lipinski definition) is 1. The molecule has 1 aromatic rings. The molecule has 0 bridgehead atoms. The largest absolute Gasteiger partial charge is 0.571 e. The zero-order valence-corrected chi connectivity index (χ0v) is 21.2. The molecule has 16 heteroatoms. The molecule has 186 valence electrons. The Hall–Kier alpha value is -2.20. The van der Waals surface area contributed by atoms with Gasteiger partial charge in [-0.1, -0.05) is 0 Å². The Kier molecular flexibility index (Phi) is 10.8. The van der Waals surface area contributed by atoms with Crippen LogP contribution in [0, 0.1) is 33.1 Å². The van der Waals surface area contributed by atoms with Crippen molar-refractivity contribution in [2.75, 3.05) is 33.4 Å². The van der Waals surface area contributed by atoms with Gasteiger partial charge in [-0.25, -0.2) is 0 Å². The summed E-state index contributed by atoms with van der Waals surface area (Å²) in [4.78, 5) is 24.2. The number of aliphatic imine (C=N–C) groups is 1. The van der Waals surface area contributed by atoms with Crippen LogP contribution in [0.25, 0.3) is 0 Å². The topological polar surface area (TPSA) is 163 Å². The summed E-state index contributed by atoms with van der Waals surface area (Å²) in [5.74, 6) is -0.384. The summed E-state index contributed by atoms with van der Waals surface area (Å²) in [5, 5.41) is 21.4. The highest BCUT2D eigenvalue weighted by Gasteiger charge is 2.51. The zero-order chi connectivity index (χ0) is 25.4. The van der Waals surface area contributed by atoms with Crippen LogP contribution in [-0.4, -0.2) is 65.8 Å². The quantitative estimate of drug-likeness (QED) is 0.118. The van der Waals surface area contributed by atoms with E-state index in [4.69, 9.17) is 14.9 Å². The number of nitrogens with zero attached hydrogens (tertiary/aromatic N) is 5. The second-order valence-corrected chi connectivity index (χ2v) is 8.50. The van der Waals surface area contributed by atoms with Gasteiger partial charge in [-0.05, 0) is 26.3 Å². The molecule has 0 aromatic carbocycles. The Morgan fingerprint density at radius 3 is 2.42 bits per heavy atom. The third kappa shape index (κ3) is 7.14. The minimum absolute atomic E-state index is 0.0195. The van der Waals surface area contributed by atoms with Gasteiger partial charge >= 0.3 is 10.5 Å². The molecule has 0 spiro atoms. The van der Waals surface area contributed by atoms with Gasteiger partial charge in [0, 0.05) is 48.6 Å². The van der Waals surface area contributed by atoms with Gasteiger partial charge in [0.2, 0.25) is 11.7 Å². The lowest BCUT2D eigenvalue weighted by molar-refractivity contribution is -0.617. The fourth-order valence-corrected chi connectivity index (χ4v) is 3.96. The summed E-state index contributed by atoms with van der Waals surface area (Å²) >= 11 is 6.12. The molecular formula is C17H24Br2F2N6O6. The van der Waals surface area contributed by atoms with E-state index in [1.54, 1.807) is 24.9 Å². The van der Waals surface area contributed by atoms with Gasteiger partial charge in [-0.2, -0.15) is 4.02 Å². The van der Waals surface area contributed by atoms with Crippen LogP contribution < -0.4 is 5.73 Å². The molecule has 1 aliphatic rings. The number of ether oxygens (including phenoxy) is 1. The number of nitrogens with two attached hydrogens (primary N) is 1. The number of furan rings is 1. The molecule has 0 amide bonds. The molecule has 1 aliphatic heterocycles. The molecule has 0 radical (unpaired) electrons. The molecule has 0 saturated carbocycles. The number of rotatable bonds is 8. The Morgan fingerprint density at radius 1 is 1.39 bits per heavy atom. The molecule has 2 heterocycles. The normalized spacial score (nSPS) is 18.8. The molecule has 1 aromatic heterocycles. The Morgan fingerprint density at radius 2 is 2.03 bits per heavy atom. The van der Waals surface area contributed by atoms with Crippen molar-refractivity contribution in [1.82, 2.24) is 4.90 Å². The summed E-state index contributed by atoms with van der Waals surface area (Å²) in [5.41, 5.74) is 5.24. The van der Waals surface area contributed by atoms with Gasteiger partial charge in [0.1, 0.15) is 16.9 Å². The lowest BCUT2D eigenvalue weighted by Gasteiger charge is -2.26. The van der Waals surface area contributed by atoms with E-state index >= 15 is 0 Å². The highest BCUT2D eigenvalue weighted by Crippen LogP contribution is 2.36. The lowest BCUT2D eigenvalue weighted by atomic mass is 10.1. The number of likely N-dealkylation sites (N-methyl/N-ethyl adjacent to an activating group) is 1. The van der Waals surface area contributed by atoms with E-state index in [1.165, 1.54) is 6.26 Å². The summed E-state index contributed by atoms with van der Waals surface area (Å²) < 4.78 is 37.6. The number of hydrogen-bond acceptors (Lipinski definition) is 8. The van der Waals surface area contributed by atoms with Crippen molar-refractivity contribution in [3.63, 3.8) is 0 Å². The van der Waals surface area contributed by atoms with Crippen molar-refractivity contribution in [1.29, 1.82) is 0 Å². The first kappa shape index (κ1) is 28.8. The van der Waals surface area contributed by atoms with Crippen molar-refractivity contribution < 1.29 is 27.8 Å². The van der Waals surface area contributed by atoms with Crippen LogP contribution in [0.4, 0.5) is 8.78 Å². The summed E-state index contributed by atoms with van der Waals surface area (Å²) in [7, 11) is 1.73. The first-order valence-corrected chi connectivity index (χ1v) is 11.0. The summed E-state index contributed by atoms with van der Waals surface area (Å²) in [6.45, 7) is 5.22. The molecule has 33 heavy (non-hydrogen) atoms. The molecule has 1 saturated heterocycles. The molecule has 2 unspecified atom stereocenters. The smallest absolute Gasteiger partial charge is 0.469 e. The van der Waals surface area contributed by atoms with Gasteiger partial charge < -0.3 is 19.8 Å². The minimum Gasteiger partial charge on any atom is -0.469 e. The van der Waals surface area contributed by atoms with E-state index in [9.17, 15) is 29.0 Å². The minimum atomic E-state index is -4.28. The SMILES string of the molecule is CCN(C)C(=NBr)C(Br)(c1coc(C)c1)[N+](=O)[O-].NC(=NCC1CCOC1)C(F)(F)[N+](=O)[O-]. The second kappa shape index (κ2) is 12.3. The van der Waals surface area contributed by atoms with Gasteiger partial charge in [-0.3, -0.25) is 25.2 Å². The van der Waals surface area contributed by atoms with E-state index in [0.29, 0.717) is 37.5 Å². The first-order valence-electron chi connectivity index (χ1n) is 9.52. The van der Waals surface area contributed by atoms with Gasteiger partial charge in [0.15, 0.2) is 0 Å². The first-order chi connectivity index (χ1) is 15.3. The van der Waals surface area contributed by atoms with Gasteiger partial charge in [0.05, 0.1) is 33.2 Å². The Labute approximate surface area is 205 Å². The van der Waals surface area contributed by atoms with Gasteiger partial charge in [0.25, 0.3) is 0 Å². The average molecular weight is 606 g/mol. The van der Waals surface area contributed by atoms with Crippen LogP contribution in [-0.2, 0) is 9.19 Å². The molecule has 2 atom stereocenters. The number of nitro groups is 2. The Bertz CT molecular complexity index is 893. The van der Waals surface area contributed by atoms with Crippen molar-refractivity contribution in [3.05, 3.63) is 43.9 Å². The summed E-state index contributed by atoms with van der Waals surface area (Å²) in [6.07, 6.45) is 2.06. The van der Waals surface area contributed by atoms with Crippen LogP contribution in [0.5, 0.6) is 0 Å².